The molecule has 1 amide bonds. The first-order chi connectivity index (χ1) is 13.0. The van der Waals surface area contributed by atoms with Crippen molar-refractivity contribution in [2.75, 3.05) is 26.7 Å². The fraction of sp³-hybridized carbons (Fsp3) is 0.500. The van der Waals surface area contributed by atoms with E-state index in [0.717, 1.165) is 25.3 Å². The third kappa shape index (κ3) is 4.42. The van der Waals surface area contributed by atoms with Crippen molar-refractivity contribution in [3.05, 3.63) is 51.8 Å². The first-order valence-electron chi connectivity index (χ1n) is 9.33. The van der Waals surface area contributed by atoms with Crippen molar-refractivity contribution in [2.24, 2.45) is 5.92 Å². The Morgan fingerprint density at radius 2 is 2.15 bits per heavy atom. The van der Waals surface area contributed by atoms with Gasteiger partial charge in [0.15, 0.2) is 0 Å². The highest BCUT2D eigenvalue weighted by Crippen LogP contribution is 2.23. The van der Waals surface area contributed by atoms with E-state index in [1.54, 1.807) is 23.0 Å². The molecule has 1 aliphatic heterocycles. The highest BCUT2D eigenvalue weighted by molar-refractivity contribution is 5.98. The Morgan fingerprint density at radius 1 is 1.33 bits per heavy atom. The lowest BCUT2D eigenvalue weighted by atomic mass is 10.1. The average Bonchev–Trinajstić information content (AvgIpc) is 3.07. The lowest BCUT2D eigenvalue weighted by Gasteiger charge is -2.21. The molecule has 3 rings (SSSR count). The number of methoxy groups -OCH3 is 1. The number of carbonyl (C=O) groups excluding carboxylic acids is 1. The van der Waals surface area contributed by atoms with Crippen LogP contribution in [0.4, 0.5) is 0 Å². The van der Waals surface area contributed by atoms with Crippen molar-refractivity contribution in [1.29, 1.82) is 0 Å². The minimum atomic E-state index is -0.260. The number of hydrogen-bond acceptors (Lipinski definition) is 5. The van der Waals surface area contributed by atoms with Gasteiger partial charge in [-0.2, -0.15) is 0 Å². The fourth-order valence-electron chi connectivity index (χ4n) is 3.57. The predicted molar refractivity (Wildman–Crippen MR) is 102 cm³/mol. The van der Waals surface area contributed by atoms with Crippen LogP contribution in [0.2, 0.25) is 0 Å². The Labute approximate surface area is 158 Å². The summed E-state index contributed by atoms with van der Waals surface area (Å²) in [5, 5.41) is 2.87. The van der Waals surface area contributed by atoms with Gasteiger partial charge in [-0.05, 0) is 18.1 Å². The lowest BCUT2D eigenvalue weighted by molar-refractivity contribution is 0.0942. The number of amides is 1. The maximum atomic E-state index is 12.9. The monoisotopic (exact) mass is 373 g/mol. The van der Waals surface area contributed by atoms with E-state index in [4.69, 9.17) is 9.15 Å². The topological polar surface area (TPSA) is 76.7 Å². The number of rotatable bonds is 6. The predicted octanol–water partition coefficient (Wildman–Crippen LogP) is 1.89. The van der Waals surface area contributed by atoms with Crippen molar-refractivity contribution in [1.82, 2.24) is 14.8 Å². The van der Waals surface area contributed by atoms with E-state index in [9.17, 15) is 9.59 Å². The van der Waals surface area contributed by atoms with E-state index in [-0.39, 0.29) is 18.0 Å². The number of aromatic nitrogens is 1. The van der Waals surface area contributed by atoms with Crippen LogP contribution in [0.1, 0.15) is 35.7 Å². The molecule has 0 radical (unpaired) electrons. The minimum absolute atomic E-state index is 0.129. The zero-order chi connectivity index (χ0) is 19.4. The maximum absolute atomic E-state index is 12.9. The summed E-state index contributed by atoms with van der Waals surface area (Å²) in [6.45, 7) is 7.80. The molecule has 1 aliphatic rings. The molecule has 0 saturated carbocycles. The molecule has 146 valence electrons. The van der Waals surface area contributed by atoms with Gasteiger partial charge in [-0.1, -0.05) is 13.8 Å². The molecule has 0 atom stereocenters. The van der Waals surface area contributed by atoms with Crippen LogP contribution in [0.25, 0.3) is 0 Å². The van der Waals surface area contributed by atoms with Gasteiger partial charge < -0.3 is 23.9 Å². The molecule has 2 aromatic heterocycles. The van der Waals surface area contributed by atoms with Gasteiger partial charge in [0.25, 0.3) is 11.5 Å². The number of nitrogens with one attached hydrogen (secondary N) is 1. The van der Waals surface area contributed by atoms with Crippen LogP contribution in [0.3, 0.4) is 0 Å². The van der Waals surface area contributed by atoms with Gasteiger partial charge in [0.1, 0.15) is 17.1 Å². The molecule has 7 nitrogen and oxygen atoms in total. The van der Waals surface area contributed by atoms with Crippen LogP contribution in [-0.2, 0) is 19.5 Å². The summed E-state index contributed by atoms with van der Waals surface area (Å²) in [6.07, 6.45) is 2.20. The van der Waals surface area contributed by atoms with Crippen LogP contribution in [0.15, 0.2) is 33.7 Å². The van der Waals surface area contributed by atoms with Gasteiger partial charge in [-0.25, -0.2) is 0 Å². The zero-order valence-electron chi connectivity index (χ0n) is 16.2. The van der Waals surface area contributed by atoms with Gasteiger partial charge >= 0.3 is 0 Å². The van der Waals surface area contributed by atoms with Crippen LogP contribution < -0.4 is 15.6 Å². The van der Waals surface area contributed by atoms with E-state index in [0.29, 0.717) is 36.0 Å². The Bertz CT molecular complexity index is 840. The molecule has 0 saturated heterocycles. The average molecular weight is 373 g/mol. The third-order valence-electron chi connectivity index (χ3n) is 4.76. The molecule has 0 spiro atoms. The second-order valence-corrected chi connectivity index (χ2v) is 7.23. The second-order valence-electron chi connectivity index (χ2n) is 7.23. The summed E-state index contributed by atoms with van der Waals surface area (Å²) in [5.41, 5.74) is 1.05. The largest absolute Gasteiger partial charge is 0.496 e. The Balaban J connectivity index is 1.89. The van der Waals surface area contributed by atoms with Crippen LogP contribution in [0.5, 0.6) is 5.75 Å². The molecule has 0 bridgehead atoms. The first-order valence-corrected chi connectivity index (χ1v) is 9.33. The Morgan fingerprint density at radius 3 is 2.81 bits per heavy atom. The van der Waals surface area contributed by atoms with Crippen LogP contribution >= 0.6 is 0 Å². The molecule has 0 aromatic carbocycles. The van der Waals surface area contributed by atoms with Crippen LogP contribution in [-0.4, -0.2) is 42.1 Å². The Kier molecular flexibility index (Phi) is 6.01. The van der Waals surface area contributed by atoms with Gasteiger partial charge in [-0.15, -0.1) is 0 Å². The van der Waals surface area contributed by atoms with Crippen LogP contribution in [0, 0.1) is 5.92 Å². The number of ether oxygens (including phenoxy) is 1. The molecule has 7 heteroatoms. The van der Waals surface area contributed by atoms with Crippen molar-refractivity contribution in [3.8, 4) is 5.75 Å². The van der Waals surface area contributed by atoms with Crippen molar-refractivity contribution >= 4 is 5.91 Å². The van der Waals surface area contributed by atoms with E-state index >= 15 is 0 Å². The highest BCUT2D eigenvalue weighted by Gasteiger charge is 2.25. The third-order valence-corrected chi connectivity index (χ3v) is 4.76. The van der Waals surface area contributed by atoms with Crippen molar-refractivity contribution < 1.29 is 13.9 Å². The highest BCUT2D eigenvalue weighted by atomic mass is 16.5. The standard InChI is InChI=1S/C20H27N3O4/c1-14(2)13-22-7-6-16-19(20(25)21-12-15-5-4-10-27-15)17(26-3)11-18(24)23(16)9-8-22/h4-5,10-11,14H,6-9,12-13H2,1-3H3,(H,21,25). The van der Waals surface area contributed by atoms with Gasteiger partial charge in [0, 0.05) is 44.4 Å². The van der Waals surface area contributed by atoms with Gasteiger partial charge in [0.05, 0.1) is 19.9 Å². The van der Waals surface area contributed by atoms with E-state index in [1.165, 1.54) is 13.2 Å². The number of furan rings is 1. The summed E-state index contributed by atoms with van der Waals surface area (Å²) in [6, 6.07) is 4.99. The molecule has 3 heterocycles. The summed E-state index contributed by atoms with van der Waals surface area (Å²) in [7, 11) is 1.48. The summed E-state index contributed by atoms with van der Waals surface area (Å²) >= 11 is 0. The smallest absolute Gasteiger partial charge is 0.257 e. The van der Waals surface area contributed by atoms with Crippen molar-refractivity contribution in [2.45, 2.75) is 33.4 Å². The van der Waals surface area contributed by atoms with E-state index in [1.807, 2.05) is 0 Å². The Hall–Kier alpha value is -2.54. The number of carbonyl (C=O) groups is 1. The molecule has 27 heavy (non-hydrogen) atoms. The van der Waals surface area contributed by atoms with E-state index < -0.39 is 0 Å². The number of fused-ring (bicyclic) bond motifs is 1. The van der Waals surface area contributed by atoms with Gasteiger partial charge in [0.2, 0.25) is 0 Å². The number of nitrogens with zero attached hydrogens (tertiary/aromatic N) is 2. The molecule has 1 N–H and O–H groups in total. The second kappa shape index (κ2) is 8.43. The molecule has 2 aromatic rings. The first kappa shape index (κ1) is 19.2. The maximum Gasteiger partial charge on any atom is 0.257 e. The molecular formula is C20H27N3O4. The fourth-order valence-corrected chi connectivity index (χ4v) is 3.57. The normalized spacial score (nSPS) is 14.7. The van der Waals surface area contributed by atoms with E-state index in [2.05, 4.69) is 24.1 Å². The minimum Gasteiger partial charge on any atom is -0.496 e. The van der Waals surface area contributed by atoms with Gasteiger partial charge in [-0.3, -0.25) is 9.59 Å². The number of pyridine rings is 1. The zero-order valence-corrected chi connectivity index (χ0v) is 16.2. The molecular weight excluding hydrogens is 346 g/mol. The summed E-state index contributed by atoms with van der Waals surface area (Å²) in [4.78, 5) is 27.8. The molecule has 0 unspecified atom stereocenters. The lowest BCUT2D eigenvalue weighted by Crippen LogP contribution is -2.32. The summed E-state index contributed by atoms with van der Waals surface area (Å²) in [5.74, 6) is 1.28. The SMILES string of the molecule is COc1cc(=O)n2c(c1C(=O)NCc1ccco1)CCN(CC(C)C)CC2. The summed E-state index contributed by atoms with van der Waals surface area (Å²) < 4.78 is 12.4. The molecule has 0 fully saturated rings. The number of hydrogen-bond donors (Lipinski definition) is 1. The quantitative estimate of drug-likeness (QED) is 0.837. The van der Waals surface area contributed by atoms with Crippen molar-refractivity contribution in [3.63, 3.8) is 0 Å². The molecule has 0 aliphatic carbocycles.